The molecule has 0 fully saturated rings. The van der Waals surface area contributed by atoms with E-state index in [9.17, 15) is 22.9 Å². The number of allylic oxidation sites excluding steroid dienone is 8. The maximum Gasteiger partial charge on any atom is 0.266 e. The molecule has 0 aromatic rings. The Kier molecular flexibility index (Phi) is 31.0. The molecule has 1 amide bonds. The molecule has 3 N–H and O–H groups in total. The van der Waals surface area contributed by atoms with Gasteiger partial charge in [-0.05, 0) is 51.4 Å². The number of carbonyl (C=O) groups is 1. The fraction of sp³-hybridized carbons (Fsp3) is 0.763. The van der Waals surface area contributed by atoms with Crippen LogP contribution in [0.2, 0.25) is 0 Å². The summed E-state index contributed by atoms with van der Waals surface area (Å²) in [5.41, 5.74) is 0. The Morgan fingerprint density at radius 1 is 0.622 bits per heavy atom. The third-order valence-corrected chi connectivity index (χ3v) is 8.83. The Balaban J connectivity index is 3.95. The molecule has 0 aromatic carbocycles. The number of aliphatic hydroxyl groups excluding tert-OH is 1. The number of hydrogen-bond donors (Lipinski definition) is 3. The quantitative estimate of drug-likeness (QED) is 0.0381. The van der Waals surface area contributed by atoms with E-state index in [1.54, 1.807) is 0 Å². The van der Waals surface area contributed by atoms with Gasteiger partial charge in [-0.15, -0.1) is 0 Å². The number of nitrogens with one attached hydrogen (secondary N) is 1. The molecule has 262 valence electrons. The van der Waals surface area contributed by atoms with E-state index in [4.69, 9.17) is 0 Å². The van der Waals surface area contributed by atoms with Crippen LogP contribution >= 0.6 is 0 Å². The molecule has 0 spiro atoms. The van der Waals surface area contributed by atoms with Crippen molar-refractivity contribution in [3.8, 4) is 0 Å². The van der Waals surface area contributed by atoms with Crippen molar-refractivity contribution >= 4 is 16.0 Å². The maximum absolute atomic E-state index is 12.5. The molecule has 0 bridgehead atoms. The number of unbranched alkanes of at least 4 members (excludes halogenated alkanes) is 16. The molecule has 2 unspecified atom stereocenters. The van der Waals surface area contributed by atoms with Gasteiger partial charge in [0.2, 0.25) is 5.91 Å². The fourth-order valence-electron chi connectivity index (χ4n) is 5.33. The number of aliphatic hydroxyl groups is 1. The van der Waals surface area contributed by atoms with Crippen molar-refractivity contribution < 1.29 is 22.9 Å². The van der Waals surface area contributed by atoms with E-state index in [0.29, 0.717) is 12.8 Å². The average molecular weight is 652 g/mol. The van der Waals surface area contributed by atoms with E-state index < -0.39 is 28.0 Å². The molecule has 0 aliphatic rings. The van der Waals surface area contributed by atoms with Gasteiger partial charge in [0.25, 0.3) is 10.1 Å². The molecule has 2 atom stereocenters. The van der Waals surface area contributed by atoms with Crippen molar-refractivity contribution in [2.75, 3.05) is 5.75 Å². The molecule has 0 rings (SSSR count). The topological polar surface area (TPSA) is 104 Å². The summed E-state index contributed by atoms with van der Waals surface area (Å²) < 4.78 is 32.4. The van der Waals surface area contributed by atoms with E-state index in [2.05, 4.69) is 67.8 Å². The third-order valence-electron chi connectivity index (χ3n) is 8.05. The van der Waals surface area contributed by atoms with Crippen LogP contribution in [0.5, 0.6) is 0 Å². The van der Waals surface area contributed by atoms with Gasteiger partial charge in [-0.25, -0.2) is 0 Å². The number of hydrogen-bond acceptors (Lipinski definition) is 4. The molecule has 0 aliphatic carbocycles. The van der Waals surface area contributed by atoms with Crippen LogP contribution in [-0.4, -0.2) is 41.9 Å². The maximum atomic E-state index is 12.5. The van der Waals surface area contributed by atoms with Crippen LogP contribution in [-0.2, 0) is 14.9 Å². The highest BCUT2D eigenvalue weighted by Crippen LogP contribution is 2.15. The first kappa shape index (κ1) is 43.3. The Morgan fingerprint density at radius 3 is 1.58 bits per heavy atom. The van der Waals surface area contributed by atoms with Crippen LogP contribution in [0.25, 0.3) is 0 Å². The lowest BCUT2D eigenvalue weighted by molar-refractivity contribution is -0.122. The minimum absolute atomic E-state index is 0.263. The van der Waals surface area contributed by atoms with Crippen molar-refractivity contribution in [1.29, 1.82) is 0 Å². The second-order valence-electron chi connectivity index (χ2n) is 12.5. The van der Waals surface area contributed by atoms with Crippen LogP contribution in [0.15, 0.2) is 48.6 Å². The zero-order valence-electron chi connectivity index (χ0n) is 29.0. The van der Waals surface area contributed by atoms with E-state index in [1.165, 1.54) is 64.2 Å². The van der Waals surface area contributed by atoms with Crippen LogP contribution in [0.3, 0.4) is 0 Å². The van der Waals surface area contributed by atoms with Crippen molar-refractivity contribution in [1.82, 2.24) is 5.32 Å². The van der Waals surface area contributed by atoms with Gasteiger partial charge in [0.15, 0.2) is 0 Å². The predicted molar refractivity (Wildman–Crippen MR) is 193 cm³/mol. The highest BCUT2D eigenvalue weighted by atomic mass is 32.2. The summed E-state index contributed by atoms with van der Waals surface area (Å²) in [5, 5.41) is 13.3. The van der Waals surface area contributed by atoms with Crippen LogP contribution in [0.4, 0.5) is 0 Å². The predicted octanol–water partition coefficient (Wildman–Crippen LogP) is 10.3. The molecule has 0 radical (unpaired) electrons. The van der Waals surface area contributed by atoms with Crippen LogP contribution < -0.4 is 5.32 Å². The molecule has 0 saturated carbocycles. The lowest BCUT2D eigenvalue weighted by Gasteiger charge is -2.23. The van der Waals surface area contributed by atoms with Gasteiger partial charge in [-0.1, -0.05) is 159 Å². The molecule has 6 nitrogen and oxygen atoms in total. The molecule has 45 heavy (non-hydrogen) atoms. The van der Waals surface area contributed by atoms with E-state index in [1.807, 2.05) is 0 Å². The van der Waals surface area contributed by atoms with E-state index in [0.717, 1.165) is 77.0 Å². The molecule has 0 saturated heterocycles. The van der Waals surface area contributed by atoms with E-state index >= 15 is 0 Å². The summed E-state index contributed by atoms with van der Waals surface area (Å²) in [6.07, 6.45) is 42.0. The van der Waals surface area contributed by atoms with Gasteiger partial charge >= 0.3 is 0 Å². The second-order valence-corrected chi connectivity index (χ2v) is 14.0. The van der Waals surface area contributed by atoms with Crippen molar-refractivity contribution in [3.05, 3.63) is 48.6 Å². The van der Waals surface area contributed by atoms with Gasteiger partial charge < -0.3 is 10.4 Å². The first-order valence-corrected chi connectivity index (χ1v) is 19.9. The van der Waals surface area contributed by atoms with Crippen LogP contribution in [0.1, 0.15) is 168 Å². The first-order valence-electron chi connectivity index (χ1n) is 18.3. The van der Waals surface area contributed by atoms with Crippen molar-refractivity contribution in [2.24, 2.45) is 0 Å². The summed E-state index contributed by atoms with van der Waals surface area (Å²) in [4.78, 5) is 12.5. The Morgan fingerprint density at radius 2 is 1.07 bits per heavy atom. The molecule has 7 heteroatoms. The van der Waals surface area contributed by atoms with Gasteiger partial charge in [0, 0.05) is 6.42 Å². The number of carbonyl (C=O) groups excluding carboxylic acids is 1. The lowest BCUT2D eigenvalue weighted by Crippen LogP contribution is -2.47. The number of amides is 1. The highest BCUT2D eigenvalue weighted by Gasteiger charge is 2.26. The van der Waals surface area contributed by atoms with Crippen LogP contribution in [0, 0.1) is 0 Å². The summed E-state index contributed by atoms with van der Waals surface area (Å²) in [6, 6.07) is -0.978. The molecular weight excluding hydrogens is 582 g/mol. The third kappa shape index (κ3) is 33.5. The zero-order chi connectivity index (χ0) is 33.3. The van der Waals surface area contributed by atoms with Gasteiger partial charge in [-0.3, -0.25) is 9.35 Å². The zero-order valence-corrected chi connectivity index (χ0v) is 29.8. The second kappa shape index (κ2) is 32.2. The smallest absolute Gasteiger partial charge is 0.266 e. The van der Waals surface area contributed by atoms with Gasteiger partial charge in [-0.2, -0.15) is 8.42 Å². The van der Waals surface area contributed by atoms with Gasteiger partial charge in [0.05, 0.1) is 17.9 Å². The molecular formula is C38H69NO5S. The SMILES string of the molecule is CC/C=C\C/C=C\C/C=C\C/C=C\CCCCCCCCC(=O)NC(CS(=O)(=O)O)C(O)CCCCCCCCCCCCC. The normalized spacial score (nSPS) is 14.0. The van der Waals surface area contributed by atoms with Crippen molar-refractivity contribution in [2.45, 2.75) is 180 Å². The highest BCUT2D eigenvalue weighted by molar-refractivity contribution is 7.85. The fourth-order valence-corrected chi connectivity index (χ4v) is 6.09. The van der Waals surface area contributed by atoms with E-state index in [-0.39, 0.29) is 5.91 Å². The summed E-state index contributed by atoms with van der Waals surface area (Å²) in [7, 11) is -4.31. The largest absolute Gasteiger partial charge is 0.391 e. The summed E-state index contributed by atoms with van der Waals surface area (Å²) in [5.74, 6) is -0.919. The monoisotopic (exact) mass is 651 g/mol. The molecule has 0 aromatic heterocycles. The number of rotatable bonds is 32. The Bertz CT molecular complexity index is 894. The lowest BCUT2D eigenvalue weighted by atomic mass is 10.0. The minimum Gasteiger partial charge on any atom is -0.391 e. The first-order chi connectivity index (χ1) is 21.8. The minimum atomic E-state index is -4.31. The Labute approximate surface area is 278 Å². The Hall–Kier alpha value is -1.70. The van der Waals surface area contributed by atoms with Gasteiger partial charge in [0.1, 0.15) is 0 Å². The molecule has 0 heterocycles. The van der Waals surface area contributed by atoms with Crippen molar-refractivity contribution in [3.63, 3.8) is 0 Å². The molecule has 0 aliphatic heterocycles. The summed E-state index contributed by atoms with van der Waals surface area (Å²) in [6.45, 7) is 4.38. The average Bonchev–Trinajstić information content (AvgIpc) is 3.00. The standard InChI is InChI=1S/C38H69NO5S/c1-3-5-7-9-11-13-15-16-17-18-19-20-21-22-24-26-28-30-32-34-38(41)39-36(35-45(42,43)44)37(40)33-31-29-27-25-23-14-12-10-8-6-4-2/h5,7,11,13,16-17,19-20,36-37,40H,3-4,6,8-10,12,14-15,18,21-35H2,1-2H3,(H,39,41)(H,42,43,44)/b7-5-,13-11-,17-16-,20-19-. The summed E-state index contributed by atoms with van der Waals surface area (Å²) >= 11 is 0.